The van der Waals surface area contributed by atoms with E-state index in [1.54, 1.807) is 36.4 Å². The molecule has 0 aliphatic carbocycles. The highest BCUT2D eigenvalue weighted by Crippen LogP contribution is 2.28. The van der Waals surface area contributed by atoms with E-state index in [0.29, 0.717) is 30.3 Å². The predicted molar refractivity (Wildman–Crippen MR) is 111 cm³/mol. The van der Waals surface area contributed by atoms with Crippen LogP contribution in [0, 0.1) is 0 Å². The van der Waals surface area contributed by atoms with Gasteiger partial charge in [-0.15, -0.1) is 0 Å². The molecule has 2 rings (SSSR count). The van der Waals surface area contributed by atoms with Gasteiger partial charge in [-0.3, -0.25) is 4.79 Å². The molecule has 156 valence electrons. The minimum absolute atomic E-state index is 0.0881. The number of rotatable bonds is 11. The van der Waals surface area contributed by atoms with Crippen LogP contribution in [0.5, 0.6) is 11.5 Å². The van der Waals surface area contributed by atoms with Gasteiger partial charge in [0.15, 0.2) is 11.5 Å². The van der Waals surface area contributed by atoms with Gasteiger partial charge < -0.3 is 9.47 Å². The minimum atomic E-state index is -3.75. The van der Waals surface area contributed by atoms with Gasteiger partial charge in [0, 0.05) is 0 Å². The van der Waals surface area contributed by atoms with Gasteiger partial charge in [-0.2, -0.15) is 5.10 Å². The molecule has 29 heavy (non-hydrogen) atoms. The summed E-state index contributed by atoms with van der Waals surface area (Å²) in [5, 5.41) is 3.85. The van der Waals surface area contributed by atoms with E-state index in [2.05, 4.69) is 15.2 Å². The number of hydrogen-bond donors (Lipinski definition) is 2. The van der Waals surface area contributed by atoms with Crippen molar-refractivity contribution in [3.63, 3.8) is 0 Å². The molecule has 9 heteroatoms. The number of sulfonamides is 1. The Morgan fingerprint density at radius 2 is 1.83 bits per heavy atom. The molecule has 0 heterocycles. The number of nitrogens with zero attached hydrogens (tertiary/aromatic N) is 1. The van der Waals surface area contributed by atoms with Crippen molar-refractivity contribution in [1.29, 1.82) is 0 Å². The van der Waals surface area contributed by atoms with Crippen molar-refractivity contribution >= 4 is 22.1 Å². The average molecular weight is 420 g/mol. The largest absolute Gasteiger partial charge is 0.490 e. The highest BCUT2D eigenvalue weighted by atomic mass is 32.2. The second-order valence-corrected chi connectivity index (χ2v) is 7.69. The third-order valence-electron chi connectivity index (χ3n) is 3.61. The molecule has 0 unspecified atom stereocenters. The van der Waals surface area contributed by atoms with E-state index in [0.717, 1.165) is 6.42 Å². The zero-order valence-electron chi connectivity index (χ0n) is 16.4. The zero-order valence-corrected chi connectivity index (χ0v) is 17.2. The quantitative estimate of drug-likeness (QED) is 0.429. The number of hydrogen-bond acceptors (Lipinski definition) is 6. The summed E-state index contributed by atoms with van der Waals surface area (Å²) >= 11 is 0. The first kappa shape index (κ1) is 22.4. The van der Waals surface area contributed by atoms with Gasteiger partial charge >= 0.3 is 0 Å². The Kier molecular flexibility index (Phi) is 8.63. The summed E-state index contributed by atoms with van der Waals surface area (Å²) in [5.74, 6) is 0.644. The fraction of sp³-hybridized carbons (Fsp3) is 0.300. The molecule has 0 spiro atoms. The maximum absolute atomic E-state index is 12.1. The van der Waals surface area contributed by atoms with Crippen LogP contribution in [-0.4, -0.2) is 40.3 Å². The number of nitrogens with one attached hydrogen (secondary N) is 2. The van der Waals surface area contributed by atoms with Crippen LogP contribution in [0.4, 0.5) is 0 Å². The standard InChI is InChI=1S/C20H25N3O5S/c1-3-12-28-18-11-10-16(13-19(18)27-4-2)14-21-23-20(24)15-22-29(25,26)17-8-6-5-7-9-17/h5-11,13-14,22H,3-4,12,15H2,1-2H3,(H,23,24)/b21-14-. The number of carbonyl (C=O) groups is 1. The first-order valence-corrected chi connectivity index (χ1v) is 10.7. The van der Waals surface area contributed by atoms with E-state index in [1.807, 2.05) is 13.8 Å². The van der Waals surface area contributed by atoms with Crippen LogP contribution in [0.3, 0.4) is 0 Å². The lowest BCUT2D eigenvalue weighted by Gasteiger charge is -2.11. The highest BCUT2D eigenvalue weighted by Gasteiger charge is 2.14. The maximum atomic E-state index is 12.1. The third-order valence-corrected chi connectivity index (χ3v) is 5.03. The molecule has 8 nitrogen and oxygen atoms in total. The molecule has 0 radical (unpaired) electrons. The fourth-order valence-corrected chi connectivity index (χ4v) is 3.27. The van der Waals surface area contributed by atoms with E-state index in [9.17, 15) is 13.2 Å². The summed E-state index contributed by atoms with van der Waals surface area (Å²) in [6.45, 7) is 4.54. The van der Waals surface area contributed by atoms with Crippen LogP contribution in [-0.2, 0) is 14.8 Å². The van der Waals surface area contributed by atoms with Crippen LogP contribution in [0.15, 0.2) is 58.5 Å². The van der Waals surface area contributed by atoms with Crippen LogP contribution in [0.25, 0.3) is 0 Å². The number of benzene rings is 2. The lowest BCUT2D eigenvalue weighted by atomic mass is 10.2. The van der Waals surface area contributed by atoms with Gasteiger partial charge in [0.1, 0.15) is 0 Å². The van der Waals surface area contributed by atoms with Crippen LogP contribution in [0.1, 0.15) is 25.8 Å². The van der Waals surface area contributed by atoms with Crippen molar-refractivity contribution in [1.82, 2.24) is 10.1 Å². The predicted octanol–water partition coefficient (Wildman–Crippen LogP) is 2.30. The van der Waals surface area contributed by atoms with Crippen molar-refractivity contribution in [3.8, 4) is 11.5 Å². The summed E-state index contributed by atoms with van der Waals surface area (Å²) in [4.78, 5) is 11.9. The number of amides is 1. The number of carbonyl (C=O) groups excluding carboxylic acids is 1. The van der Waals surface area contributed by atoms with Crippen molar-refractivity contribution in [2.75, 3.05) is 19.8 Å². The summed E-state index contributed by atoms with van der Waals surface area (Å²) < 4.78 is 37.6. The zero-order chi connectivity index (χ0) is 21.1. The molecular formula is C20H25N3O5S. The molecule has 0 aliphatic heterocycles. The Balaban J connectivity index is 1.91. The van der Waals surface area contributed by atoms with Crippen LogP contribution >= 0.6 is 0 Å². The van der Waals surface area contributed by atoms with E-state index in [1.165, 1.54) is 18.3 Å². The van der Waals surface area contributed by atoms with Gasteiger partial charge in [0.25, 0.3) is 5.91 Å². The first-order chi connectivity index (χ1) is 14.0. The van der Waals surface area contributed by atoms with Crippen molar-refractivity contribution in [2.24, 2.45) is 5.10 Å². The summed E-state index contributed by atoms with van der Waals surface area (Å²) in [7, 11) is -3.75. The van der Waals surface area contributed by atoms with Gasteiger partial charge in [0.2, 0.25) is 10.0 Å². The molecular weight excluding hydrogens is 394 g/mol. The normalized spacial score (nSPS) is 11.4. The van der Waals surface area contributed by atoms with Gasteiger partial charge in [-0.05, 0) is 49.2 Å². The molecule has 2 aromatic rings. The van der Waals surface area contributed by atoms with Gasteiger partial charge in [0.05, 0.1) is 30.9 Å². The summed E-state index contributed by atoms with van der Waals surface area (Å²) in [6.07, 6.45) is 2.32. The number of ether oxygens (including phenoxy) is 2. The van der Waals surface area contributed by atoms with Gasteiger partial charge in [-0.1, -0.05) is 25.1 Å². The third kappa shape index (κ3) is 7.20. The van der Waals surface area contributed by atoms with Crippen molar-refractivity contribution in [2.45, 2.75) is 25.2 Å². The van der Waals surface area contributed by atoms with Crippen LogP contribution < -0.4 is 19.6 Å². The Morgan fingerprint density at radius 1 is 1.07 bits per heavy atom. The van der Waals surface area contributed by atoms with E-state index >= 15 is 0 Å². The fourth-order valence-electron chi connectivity index (χ4n) is 2.27. The average Bonchev–Trinajstić information content (AvgIpc) is 2.73. The maximum Gasteiger partial charge on any atom is 0.255 e. The molecule has 2 N–H and O–H groups in total. The smallest absolute Gasteiger partial charge is 0.255 e. The SMILES string of the molecule is CCCOc1ccc(/C=N\NC(=O)CNS(=O)(=O)c2ccccc2)cc1OCC. The Labute approximate surface area is 171 Å². The van der Waals surface area contributed by atoms with E-state index < -0.39 is 22.5 Å². The van der Waals surface area contributed by atoms with Crippen LogP contribution in [0.2, 0.25) is 0 Å². The molecule has 0 bridgehead atoms. The first-order valence-electron chi connectivity index (χ1n) is 9.22. The summed E-state index contributed by atoms with van der Waals surface area (Å²) in [5.41, 5.74) is 2.98. The topological polar surface area (TPSA) is 106 Å². The lowest BCUT2D eigenvalue weighted by molar-refractivity contribution is -0.119. The Hall–Kier alpha value is -2.91. The molecule has 0 atom stereocenters. The molecule has 0 aromatic heterocycles. The second-order valence-electron chi connectivity index (χ2n) is 5.92. The number of hydrazone groups is 1. The van der Waals surface area contributed by atoms with E-state index in [4.69, 9.17) is 9.47 Å². The molecule has 1 amide bonds. The minimum Gasteiger partial charge on any atom is -0.490 e. The molecule has 0 aliphatic rings. The highest BCUT2D eigenvalue weighted by molar-refractivity contribution is 7.89. The molecule has 0 saturated carbocycles. The summed E-state index contributed by atoms with van der Waals surface area (Å²) in [6, 6.07) is 13.1. The van der Waals surface area contributed by atoms with E-state index in [-0.39, 0.29) is 4.90 Å². The van der Waals surface area contributed by atoms with Crippen molar-refractivity contribution in [3.05, 3.63) is 54.1 Å². The monoisotopic (exact) mass is 419 g/mol. The second kappa shape index (κ2) is 11.2. The van der Waals surface area contributed by atoms with Crippen molar-refractivity contribution < 1.29 is 22.7 Å². The Bertz CT molecular complexity index is 930. The molecule has 0 fully saturated rings. The Morgan fingerprint density at radius 3 is 2.52 bits per heavy atom. The molecule has 0 saturated heterocycles. The van der Waals surface area contributed by atoms with Gasteiger partial charge in [-0.25, -0.2) is 18.6 Å². The lowest BCUT2D eigenvalue weighted by Crippen LogP contribution is -2.34. The molecule has 2 aromatic carbocycles.